The zero-order valence-corrected chi connectivity index (χ0v) is 28.5. The first-order valence-corrected chi connectivity index (χ1v) is 20.4. The number of fused-ring (bicyclic) bond motifs is 4. The first kappa shape index (κ1) is 34.0. The van der Waals surface area contributed by atoms with Crippen LogP contribution in [0.15, 0.2) is 29.7 Å². The van der Waals surface area contributed by atoms with Crippen LogP contribution in [0.5, 0.6) is 5.88 Å². The molecule has 0 aromatic carbocycles. The van der Waals surface area contributed by atoms with Crippen LogP contribution >= 0.6 is 38.1 Å². The number of hydrogen-bond acceptors (Lipinski definition) is 16. The summed E-state index contributed by atoms with van der Waals surface area (Å²) in [5.41, 5.74) is -0.804. The van der Waals surface area contributed by atoms with Gasteiger partial charge in [0.25, 0.3) is 5.56 Å². The van der Waals surface area contributed by atoms with Gasteiger partial charge in [0.05, 0.1) is 31.7 Å². The van der Waals surface area contributed by atoms with Gasteiger partial charge >= 0.3 is 13.6 Å². The van der Waals surface area contributed by atoms with Crippen LogP contribution in [-0.2, 0) is 36.8 Å². The predicted molar refractivity (Wildman–Crippen MR) is 172 cm³/mol. The predicted octanol–water partition coefficient (Wildman–Crippen LogP) is 1.61. The van der Waals surface area contributed by atoms with Gasteiger partial charge in [-0.1, -0.05) is 24.5 Å². The van der Waals surface area contributed by atoms with E-state index in [9.17, 15) is 23.8 Å². The van der Waals surface area contributed by atoms with Crippen molar-refractivity contribution >= 4 is 61.1 Å². The van der Waals surface area contributed by atoms with E-state index in [4.69, 9.17) is 27.6 Å². The van der Waals surface area contributed by atoms with Crippen LogP contribution in [0.2, 0.25) is 0 Å². The Balaban J connectivity index is 1.14. The largest absolute Gasteiger partial charge is 0.474 e. The Morgan fingerprint density at radius 3 is 2.71 bits per heavy atom. The summed E-state index contributed by atoms with van der Waals surface area (Å²) in [4.78, 5) is 44.5. The number of thiol groups is 2. The number of aliphatic hydroxyl groups excluding tert-OH is 1. The Kier molecular flexibility index (Phi) is 9.73. The maximum absolute atomic E-state index is 13.6. The van der Waals surface area contributed by atoms with E-state index in [0.717, 1.165) is 6.42 Å². The van der Waals surface area contributed by atoms with Crippen molar-refractivity contribution < 1.29 is 46.6 Å². The van der Waals surface area contributed by atoms with Crippen molar-refractivity contribution in [2.45, 2.75) is 68.5 Å². The number of imidazole rings is 1. The lowest BCUT2D eigenvalue weighted by atomic mass is 10.1. The Morgan fingerprint density at radius 1 is 1.12 bits per heavy atom. The Hall–Kier alpha value is -2.42. The third kappa shape index (κ3) is 7.36. The smallest absolute Gasteiger partial charge is 0.386 e. The second-order valence-corrected chi connectivity index (χ2v) is 17.4. The number of hydrogen-bond donors (Lipinski definition) is 6. The van der Waals surface area contributed by atoms with Crippen LogP contribution in [0, 0.1) is 5.92 Å². The van der Waals surface area contributed by atoms with E-state index >= 15 is 0 Å². The summed E-state index contributed by atoms with van der Waals surface area (Å²) in [6.45, 7) is -8.30. The summed E-state index contributed by atoms with van der Waals surface area (Å²) in [7, 11) is 0. The van der Waals surface area contributed by atoms with E-state index in [-0.39, 0.29) is 36.0 Å². The zero-order chi connectivity index (χ0) is 33.6. The molecule has 1 amide bonds. The molecule has 2 bridgehead atoms. The van der Waals surface area contributed by atoms with E-state index in [1.54, 1.807) is 6.07 Å². The molecule has 1 aliphatic carbocycles. The number of aromatic amines is 1. The SMILES string of the molecule is O=C(Nc1nc2c(ncn2[C@@H]2O[C@@H]3CO[P@@](=O)(S)O[C@H]4C[C@H](Oc5ccncn5)C[C@@H]4CO[P@@](=O)(S)O[C@@H]2[C@@H]3O)c(=O)[nH]1)[C@H]1CCCN1. The van der Waals surface area contributed by atoms with Gasteiger partial charge in [0, 0.05) is 24.6 Å². The number of aromatic nitrogens is 6. The van der Waals surface area contributed by atoms with Crippen LogP contribution in [-0.4, -0.2) is 96.8 Å². The summed E-state index contributed by atoms with van der Waals surface area (Å²) < 4.78 is 63.1. The van der Waals surface area contributed by atoms with Crippen LogP contribution in [0.25, 0.3) is 11.2 Å². The van der Waals surface area contributed by atoms with Gasteiger partial charge in [0.2, 0.25) is 17.7 Å². The van der Waals surface area contributed by atoms with E-state index < -0.39 is 74.5 Å². The number of ether oxygens (including phenoxy) is 2. The van der Waals surface area contributed by atoms with Crippen molar-refractivity contribution in [2.24, 2.45) is 5.92 Å². The third-order valence-electron chi connectivity index (χ3n) is 8.44. The summed E-state index contributed by atoms with van der Waals surface area (Å²) in [5.74, 6) is -0.691. The number of amides is 1. The fourth-order valence-electron chi connectivity index (χ4n) is 6.18. The molecule has 0 unspecified atom stereocenters. The van der Waals surface area contributed by atoms with Crippen LogP contribution < -0.4 is 20.9 Å². The van der Waals surface area contributed by atoms with Gasteiger partial charge in [-0.3, -0.25) is 38.0 Å². The fourth-order valence-corrected chi connectivity index (χ4v) is 9.24. The first-order chi connectivity index (χ1) is 22.9. The van der Waals surface area contributed by atoms with Crippen LogP contribution in [0.4, 0.5) is 5.95 Å². The van der Waals surface area contributed by atoms with Crippen molar-refractivity contribution in [1.82, 2.24) is 34.8 Å². The number of nitrogens with one attached hydrogen (secondary N) is 3. The lowest BCUT2D eigenvalue weighted by molar-refractivity contribution is -0.117. The second-order valence-electron chi connectivity index (χ2n) is 11.7. The molecule has 4 aliphatic rings. The highest BCUT2D eigenvalue weighted by Gasteiger charge is 2.51. The quantitative estimate of drug-likeness (QED) is 0.161. The summed E-state index contributed by atoms with van der Waals surface area (Å²) in [6, 6.07) is 1.15. The Labute approximate surface area is 282 Å². The van der Waals surface area contributed by atoms with Crippen LogP contribution in [0.1, 0.15) is 31.9 Å². The molecule has 6 heterocycles. The van der Waals surface area contributed by atoms with Crippen molar-refractivity contribution in [3.8, 4) is 5.88 Å². The van der Waals surface area contributed by atoms with Crippen molar-refractivity contribution in [2.75, 3.05) is 25.1 Å². The van der Waals surface area contributed by atoms with E-state index in [0.29, 0.717) is 25.3 Å². The topological polar surface area (TPSA) is 240 Å². The van der Waals surface area contributed by atoms with Crippen molar-refractivity contribution in [1.29, 1.82) is 0 Å². The average Bonchev–Trinajstić information content (AvgIpc) is 3.84. The van der Waals surface area contributed by atoms with Gasteiger partial charge in [-0.25, -0.2) is 24.1 Å². The average molecular weight is 747 g/mol. The molecule has 10 atom stereocenters. The molecule has 48 heavy (non-hydrogen) atoms. The van der Waals surface area contributed by atoms with Crippen molar-refractivity contribution in [3.63, 3.8) is 0 Å². The van der Waals surface area contributed by atoms with Gasteiger partial charge in [-0.05, 0) is 25.8 Å². The molecule has 1 saturated carbocycles. The molecule has 3 aromatic heterocycles. The maximum atomic E-state index is 13.6. The molecular formula is C25H32N8O11P2S2. The van der Waals surface area contributed by atoms with Gasteiger partial charge in [0.15, 0.2) is 17.4 Å². The van der Waals surface area contributed by atoms with Crippen molar-refractivity contribution in [3.05, 3.63) is 35.3 Å². The molecule has 4 N–H and O–H groups in total. The lowest BCUT2D eigenvalue weighted by Gasteiger charge is -2.26. The summed E-state index contributed by atoms with van der Waals surface area (Å²) in [6.07, 6.45) is -0.546. The summed E-state index contributed by atoms with van der Waals surface area (Å²) in [5, 5.41) is 16.9. The monoisotopic (exact) mass is 746 g/mol. The summed E-state index contributed by atoms with van der Waals surface area (Å²) >= 11 is 8.33. The highest BCUT2D eigenvalue weighted by molar-refractivity contribution is 8.44. The van der Waals surface area contributed by atoms with E-state index in [1.807, 2.05) is 0 Å². The Bertz CT molecular complexity index is 1810. The number of rotatable bonds is 5. The van der Waals surface area contributed by atoms with E-state index in [1.165, 1.54) is 23.4 Å². The molecule has 260 valence electrons. The minimum absolute atomic E-state index is 0.0384. The molecule has 7 rings (SSSR count). The molecular weight excluding hydrogens is 714 g/mol. The first-order valence-electron chi connectivity index (χ1n) is 15.0. The molecule has 3 aliphatic heterocycles. The van der Waals surface area contributed by atoms with Gasteiger partial charge in [-0.2, -0.15) is 4.98 Å². The van der Waals surface area contributed by atoms with Crippen LogP contribution in [0.3, 0.4) is 0 Å². The number of H-pyrrole nitrogens is 1. The van der Waals surface area contributed by atoms with Gasteiger partial charge < -0.3 is 24.4 Å². The number of anilines is 1. The highest BCUT2D eigenvalue weighted by atomic mass is 32.7. The minimum atomic E-state index is -4.23. The maximum Gasteiger partial charge on any atom is 0.386 e. The third-order valence-corrected chi connectivity index (χ3v) is 11.7. The van der Waals surface area contributed by atoms with Gasteiger partial charge in [0.1, 0.15) is 30.7 Å². The zero-order valence-electron chi connectivity index (χ0n) is 24.9. The molecule has 23 heteroatoms. The second kappa shape index (κ2) is 13.7. The Morgan fingerprint density at radius 2 is 1.94 bits per heavy atom. The molecule has 3 aromatic rings. The molecule has 3 saturated heterocycles. The molecule has 0 radical (unpaired) electrons. The molecule has 0 spiro atoms. The number of aliphatic hydroxyl groups is 1. The minimum Gasteiger partial charge on any atom is -0.474 e. The normalized spacial score (nSPS) is 37.3. The highest BCUT2D eigenvalue weighted by Crippen LogP contribution is 2.60. The number of carbonyl (C=O) groups is 1. The van der Waals surface area contributed by atoms with Gasteiger partial charge in [-0.15, -0.1) is 0 Å². The fraction of sp³-hybridized carbons (Fsp3) is 0.600. The molecule has 4 fully saturated rings. The lowest BCUT2D eigenvalue weighted by Crippen LogP contribution is -2.36. The number of carbonyl (C=O) groups excluding carboxylic acids is 1. The van der Waals surface area contributed by atoms with E-state index in [2.05, 4.69) is 60.1 Å². The molecule has 19 nitrogen and oxygen atoms in total. The standard InChI is InChI=1S/C25H32N8O11P2S2/c34-19-16-9-40-45(37,47)43-15-7-13(41-17-3-5-26-10-28-17)6-12(15)8-39-46(38,48)44-20(19)24(42-16)33-11-29-18-21(33)30-25(32-23(18)36)31-22(35)14-2-1-4-27-14/h3,5,10-16,19-20,24,27,34H,1-2,4,6-9H2,(H,37,47)(H,38,48)(H2,30,31,32,35,36)/t12-,13-,14-,15+,16-,19-,20-,24-,45-,46-/m1/s1. The number of nitrogens with zero attached hydrogens (tertiary/aromatic N) is 5.